The monoisotopic (exact) mass is 374 g/mol. The van der Waals surface area contributed by atoms with Crippen molar-refractivity contribution in [3.8, 4) is 22.6 Å². The van der Waals surface area contributed by atoms with Crippen molar-refractivity contribution < 1.29 is 15.2 Å². The molecule has 0 atom stereocenters. The van der Waals surface area contributed by atoms with Crippen LogP contribution in [0.25, 0.3) is 22.6 Å². The van der Waals surface area contributed by atoms with Gasteiger partial charge < -0.3 is 4.42 Å². The van der Waals surface area contributed by atoms with Crippen LogP contribution in [0.15, 0.2) is 52.9 Å². The van der Waals surface area contributed by atoms with Crippen LogP contribution in [0, 0.1) is 0 Å². The van der Waals surface area contributed by atoms with Gasteiger partial charge in [-0.2, -0.15) is 0 Å². The van der Waals surface area contributed by atoms with Crippen LogP contribution in [-0.4, -0.2) is 11.7 Å². The van der Waals surface area contributed by atoms with Crippen molar-refractivity contribution in [2.45, 2.75) is 0 Å². The van der Waals surface area contributed by atoms with Crippen molar-refractivity contribution in [1.82, 2.24) is 0 Å². The van der Waals surface area contributed by atoms with Gasteiger partial charge in [-0.15, -0.1) is 0 Å². The fourth-order valence-electron chi connectivity index (χ4n) is 2.39. The number of halogens is 2. The average Bonchev–Trinajstić information content (AvgIpc) is 2.90. The van der Waals surface area contributed by atoms with E-state index in [9.17, 15) is 0 Å². The molecule has 1 aromatic heterocycles. The number of nitrogens with two attached hydrogens (primary N) is 4. The molecule has 0 aliphatic carbocycles. The Bertz CT molecular complexity index is 882. The molecular weight excluding hydrogens is 359 g/mol. The number of benzene rings is 2. The van der Waals surface area contributed by atoms with Crippen molar-refractivity contribution in [2.75, 3.05) is 0 Å². The molecule has 0 saturated heterocycles. The largest absolute Gasteiger partial charge is 0.453 e. The van der Waals surface area contributed by atoms with Crippen LogP contribution in [0.1, 0.15) is 11.1 Å². The summed E-state index contributed by atoms with van der Waals surface area (Å²) in [5, 5.41) is 11.8. The Balaban J connectivity index is 2.02. The third-order valence-electron chi connectivity index (χ3n) is 3.76. The zero-order valence-electron chi connectivity index (χ0n) is 13.1. The molecule has 0 amide bonds. The SMILES string of the molecule is NC(=[NH2+])c1ccc(-c2oc(-c3ccc(C(N)=[NH2+])cc3)c(Cl)c2Cl)cc1. The van der Waals surface area contributed by atoms with E-state index in [0.29, 0.717) is 21.6 Å². The molecule has 3 aromatic rings. The van der Waals surface area contributed by atoms with Gasteiger partial charge >= 0.3 is 0 Å². The third kappa shape index (κ3) is 3.24. The number of hydrogen-bond donors (Lipinski definition) is 4. The van der Waals surface area contributed by atoms with E-state index in [2.05, 4.69) is 0 Å². The lowest BCUT2D eigenvalue weighted by Crippen LogP contribution is -2.46. The second kappa shape index (κ2) is 6.63. The lowest BCUT2D eigenvalue weighted by atomic mass is 10.1. The summed E-state index contributed by atoms with van der Waals surface area (Å²) in [5.74, 6) is 1.43. The molecule has 2 aromatic carbocycles. The zero-order chi connectivity index (χ0) is 18.1. The first-order chi connectivity index (χ1) is 11.9. The fraction of sp³-hybridized carbons (Fsp3) is 0. The standard InChI is InChI=1S/C18H14Cl2N4O/c19-13-14(20)16(10-3-7-12(8-4-10)18(23)24)25-15(13)9-1-5-11(6-2-9)17(21)22/h1-8H,(H3,21,22)(H3,23,24)/p+2. The summed E-state index contributed by atoms with van der Waals surface area (Å²) >= 11 is 12.7. The highest BCUT2D eigenvalue weighted by molar-refractivity contribution is 6.45. The molecule has 3 rings (SSSR count). The summed E-state index contributed by atoms with van der Waals surface area (Å²) in [4.78, 5) is 0. The van der Waals surface area contributed by atoms with Gasteiger partial charge in [-0.05, 0) is 24.3 Å². The molecule has 25 heavy (non-hydrogen) atoms. The van der Waals surface area contributed by atoms with Crippen molar-refractivity contribution >= 4 is 34.9 Å². The van der Waals surface area contributed by atoms with Crippen LogP contribution >= 0.6 is 23.2 Å². The Morgan fingerprint density at radius 2 is 1.00 bits per heavy atom. The van der Waals surface area contributed by atoms with Gasteiger partial charge in [-0.1, -0.05) is 47.5 Å². The van der Waals surface area contributed by atoms with E-state index in [1.54, 1.807) is 24.3 Å². The van der Waals surface area contributed by atoms with Gasteiger partial charge in [0, 0.05) is 11.1 Å². The minimum absolute atomic E-state index is 0.242. The Labute approximate surface area is 154 Å². The van der Waals surface area contributed by atoms with E-state index < -0.39 is 0 Å². The minimum Gasteiger partial charge on any atom is -0.453 e. The maximum absolute atomic E-state index is 6.36. The van der Waals surface area contributed by atoms with E-state index in [4.69, 9.17) is 49.9 Å². The van der Waals surface area contributed by atoms with Gasteiger partial charge in [-0.25, -0.2) is 0 Å². The molecule has 0 bridgehead atoms. The van der Waals surface area contributed by atoms with Crippen LogP contribution in [0.2, 0.25) is 10.0 Å². The van der Waals surface area contributed by atoms with Crippen molar-refractivity contribution in [3.63, 3.8) is 0 Å². The summed E-state index contributed by atoms with van der Waals surface area (Å²) < 4.78 is 5.92. The predicted molar refractivity (Wildman–Crippen MR) is 100 cm³/mol. The zero-order valence-corrected chi connectivity index (χ0v) is 14.6. The molecule has 7 heteroatoms. The van der Waals surface area contributed by atoms with Crippen LogP contribution in [0.3, 0.4) is 0 Å². The van der Waals surface area contributed by atoms with Gasteiger partial charge in [-0.3, -0.25) is 22.3 Å². The van der Waals surface area contributed by atoms with Crippen molar-refractivity contribution in [2.24, 2.45) is 11.5 Å². The maximum atomic E-state index is 6.36. The first kappa shape index (κ1) is 17.1. The van der Waals surface area contributed by atoms with Gasteiger partial charge in [0.05, 0.1) is 11.1 Å². The Morgan fingerprint density at radius 1 is 0.680 bits per heavy atom. The molecule has 5 nitrogen and oxygen atoms in total. The normalized spacial score (nSPS) is 10.6. The van der Waals surface area contributed by atoms with Crippen molar-refractivity contribution in [3.05, 3.63) is 69.7 Å². The van der Waals surface area contributed by atoms with Gasteiger partial charge in [0.2, 0.25) is 0 Å². The quantitative estimate of drug-likeness (QED) is 0.400. The van der Waals surface area contributed by atoms with Crippen LogP contribution in [0.4, 0.5) is 0 Å². The Hall–Kier alpha value is -2.76. The van der Waals surface area contributed by atoms with Crippen LogP contribution in [0.5, 0.6) is 0 Å². The van der Waals surface area contributed by atoms with E-state index in [1.807, 2.05) is 24.3 Å². The average molecular weight is 375 g/mol. The van der Waals surface area contributed by atoms with E-state index in [0.717, 1.165) is 22.3 Å². The smallest absolute Gasteiger partial charge is 0.270 e. The molecule has 0 aliphatic heterocycles. The molecule has 0 unspecified atom stereocenters. The van der Waals surface area contributed by atoms with Gasteiger partial charge in [0.15, 0.2) is 11.5 Å². The van der Waals surface area contributed by atoms with E-state index in [1.165, 1.54) is 0 Å². The summed E-state index contributed by atoms with van der Waals surface area (Å²) in [6.07, 6.45) is 0. The summed E-state index contributed by atoms with van der Waals surface area (Å²) in [5.41, 5.74) is 14.1. The lowest BCUT2D eigenvalue weighted by molar-refractivity contribution is -0.115. The maximum Gasteiger partial charge on any atom is 0.270 e. The van der Waals surface area contributed by atoms with Crippen LogP contribution < -0.4 is 22.3 Å². The van der Waals surface area contributed by atoms with Crippen LogP contribution in [-0.2, 0) is 0 Å². The van der Waals surface area contributed by atoms with Gasteiger partial charge in [0.1, 0.15) is 10.0 Å². The first-order valence-corrected chi connectivity index (χ1v) is 8.09. The molecule has 0 radical (unpaired) electrons. The summed E-state index contributed by atoms with van der Waals surface area (Å²) in [6.45, 7) is 0. The Morgan fingerprint density at radius 3 is 1.28 bits per heavy atom. The van der Waals surface area contributed by atoms with Crippen molar-refractivity contribution in [1.29, 1.82) is 0 Å². The molecule has 126 valence electrons. The number of rotatable bonds is 4. The highest BCUT2D eigenvalue weighted by atomic mass is 35.5. The lowest BCUT2D eigenvalue weighted by Gasteiger charge is -2.00. The Kier molecular flexibility index (Phi) is 4.53. The first-order valence-electron chi connectivity index (χ1n) is 7.33. The third-order valence-corrected chi connectivity index (χ3v) is 4.57. The van der Waals surface area contributed by atoms with E-state index in [-0.39, 0.29) is 11.7 Å². The topological polar surface area (TPSA) is 116 Å². The summed E-state index contributed by atoms with van der Waals surface area (Å²) in [6, 6.07) is 14.4. The molecule has 0 aliphatic rings. The fourth-order valence-corrected chi connectivity index (χ4v) is 2.86. The van der Waals surface area contributed by atoms with Gasteiger partial charge in [0.25, 0.3) is 11.7 Å². The molecular formula is C18H16Cl2N4O+2. The number of furan rings is 1. The second-order valence-corrected chi connectivity index (χ2v) is 6.21. The molecule has 0 fully saturated rings. The van der Waals surface area contributed by atoms with E-state index >= 15 is 0 Å². The molecule has 1 heterocycles. The highest BCUT2D eigenvalue weighted by Gasteiger charge is 2.20. The number of amidine groups is 2. The minimum atomic E-state index is 0.242. The molecule has 8 N–H and O–H groups in total. The summed E-state index contributed by atoms with van der Waals surface area (Å²) in [7, 11) is 0. The molecule has 0 spiro atoms. The molecule has 0 saturated carbocycles. The number of hydrogen-bond acceptors (Lipinski definition) is 1. The highest BCUT2D eigenvalue weighted by Crippen LogP contribution is 2.43. The second-order valence-electron chi connectivity index (χ2n) is 5.45. The predicted octanol–water partition coefficient (Wildman–Crippen LogP) is 0.849.